The predicted octanol–water partition coefficient (Wildman–Crippen LogP) is 3.55. The molecule has 0 atom stereocenters. The summed E-state index contributed by atoms with van der Waals surface area (Å²) in [5.41, 5.74) is 3.27. The number of aromatic amines is 1. The third-order valence-electron chi connectivity index (χ3n) is 2.96. The van der Waals surface area contributed by atoms with Crippen molar-refractivity contribution in [3.8, 4) is 0 Å². The number of hydrogen-bond donors (Lipinski definition) is 1. The highest BCUT2D eigenvalue weighted by Gasteiger charge is 2.04. The van der Waals surface area contributed by atoms with Gasteiger partial charge in [0, 0.05) is 11.5 Å². The van der Waals surface area contributed by atoms with Crippen molar-refractivity contribution in [1.82, 2.24) is 10.2 Å². The second-order valence-electron chi connectivity index (χ2n) is 4.46. The van der Waals surface area contributed by atoms with Crippen molar-refractivity contribution in [2.24, 2.45) is 10.2 Å². The normalized spacial score (nSPS) is 11.5. The van der Waals surface area contributed by atoms with E-state index in [1.165, 1.54) is 6.07 Å². The molecule has 0 aliphatic rings. The first-order valence-corrected chi connectivity index (χ1v) is 6.11. The summed E-state index contributed by atoms with van der Waals surface area (Å²) in [6.45, 7) is 3.76. The summed E-state index contributed by atoms with van der Waals surface area (Å²) >= 11 is 0. The number of nitrogens with one attached hydrogen (secondary N) is 1. The molecule has 0 saturated carbocycles. The molecule has 0 spiro atoms. The lowest BCUT2D eigenvalue weighted by Crippen LogP contribution is -1.93. The van der Waals surface area contributed by atoms with E-state index in [1.807, 2.05) is 19.9 Å². The van der Waals surface area contributed by atoms with E-state index in [1.54, 1.807) is 18.2 Å². The van der Waals surface area contributed by atoms with E-state index in [9.17, 15) is 4.79 Å². The van der Waals surface area contributed by atoms with Crippen molar-refractivity contribution < 1.29 is 4.42 Å². The number of aromatic nitrogens is 2. The fourth-order valence-corrected chi connectivity index (χ4v) is 1.92. The second-order valence-corrected chi connectivity index (χ2v) is 4.46. The van der Waals surface area contributed by atoms with Crippen LogP contribution in [0.1, 0.15) is 11.4 Å². The van der Waals surface area contributed by atoms with Gasteiger partial charge in [-0.05, 0) is 38.1 Å². The third-order valence-corrected chi connectivity index (χ3v) is 2.96. The molecule has 0 radical (unpaired) electrons. The molecule has 0 unspecified atom stereocenters. The molecule has 100 valence electrons. The summed E-state index contributed by atoms with van der Waals surface area (Å²) in [5, 5.41) is 16.1. The molecule has 3 aromatic rings. The fraction of sp³-hybridized carbons (Fsp3) is 0.143. The van der Waals surface area contributed by atoms with Crippen LogP contribution in [-0.2, 0) is 0 Å². The first-order valence-electron chi connectivity index (χ1n) is 6.11. The Morgan fingerprint density at radius 2 is 2.00 bits per heavy atom. The Labute approximate surface area is 114 Å². The van der Waals surface area contributed by atoms with Gasteiger partial charge in [0.05, 0.1) is 17.1 Å². The minimum absolute atomic E-state index is 0.364. The van der Waals surface area contributed by atoms with Gasteiger partial charge in [-0.2, -0.15) is 10.2 Å². The van der Waals surface area contributed by atoms with Crippen LogP contribution in [0.25, 0.3) is 11.0 Å². The lowest BCUT2D eigenvalue weighted by molar-refractivity contribution is 0.561. The van der Waals surface area contributed by atoms with Gasteiger partial charge in [-0.25, -0.2) is 4.79 Å². The fourth-order valence-electron chi connectivity index (χ4n) is 1.92. The van der Waals surface area contributed by atoms with E-state index in [2.05, 4.69) is 20.4 Å². The zero-order chi connectivity index (χ0) is 14.1. The Morgan fingerprint density at radius 1 is 1.15 bits per heavy atom. The number of azo groups is 1. The molecular weight excluding hydrogens is 256 g/mol. The minimum atomic E-state index is -0.364. The molecule has 6 nitrogen and oxygen atoms in total. The van der Waals surface area contributed by atoms with Crippen LogP contribution < -0.4 is 5.63 Å². The van der Waals surface area contributed by atoms with Crippen LogP contribution in [0.4, 0.5) is 11.4 Å². The van der Waals surface area contributed by atoms with Gasteiger partial charge in [-0.1, -0.05) is 0 Å². The Kier molecular flexibility index (Phi) is 2.90. The highest BCUT2D eigenvalue weighted by molar-refractivity contribution is 5.79. The molecule has 0 aliphatic heterocycles. The summed E-state index contributed by atoms with van der Waals surface area (Å²) in [5.74, 6) is 0. The zero-order valence-electron chi connectivity index (χ0n) is 11.0. The molecule has 0 fully saturated rings. The van der Waals surface area contributed by atoms with Crippen LogP contribution in [0, 0.1) is 13.8 Å². The highest BCUT2D eigenvalue weighted by Crippen LogP contribution is 2.25. The van der Waals surface area contributed by atoms with Gasteiger partial charge in [0.1, 0.15) is 11.3 Å². The van der Waals surface area contributed by atoms with Crippen LogP contribution >= 0.6 is 0 Å². The van der Waals surface area contributed by atoms with Gasteiger partial charge < -0.3 is 4.42 Å². The van der Waals surface area contributed by atoms with Gasteiger partial charge in [0.15, 0.2) is 0 Å². The Hall–Kier alpha value is -2.76. The smallest absolute Gasteiger partial charge is 0.336 e. The van der Waals surface area contributed by atoms with Gasteiger partial charge in [0.25, 0.3) is 0 Å². The number of rotatable bonds is 2. The maximum Gasteiger partial charge on any atom is 0.336 e. The average Bonchev–Trinajstić information content (AvgIpc) is 2.76. The molecule has 0 saturated heterocycles. The summed E-state index contributed by atoms with van der Waals surface area (Å²) in [4.78, 5) is 11.1. The maximum atomic E-state index is 11.1. The monoisotopic (exact) mass is 268 g/mol. The molecule has 0 amide bonds. The van der Waals surface area contributed by atoms with Crippen molar-refractivity contribution in [1.29, 1.82) is 0 Å². The van der Waals surface area contributed by atoms with E-state index < -0.39 is 0 Å². The summed E-state index contributed by atoms with van der Waals surface area (Å²) in [6, 6.07) is 8.36. The Balaban J connectivity index is 1.99. The number of aryl methyl sites for hydroxylation is 2. The molecule has 0 aliphatic carbocycles. The largest absolute Gasteiger partial charge is 0.423 e. The van der Waals surface area contributed by atoms with Gasteiger partial charge in [-0.15, -0.1) is 5.11 Å². The second kappa shape index (κ2) is 4.73. The van der Waals surface area contributed by atoms with Crippen LogP contribution in [0.5, 0.6) is 0 Å². The van der Waals surface area contributed by atoms with Crippen LogP contribution in [0.3, 0.4) is 0 Å². The van der Waals surface area contributed by atoms with Crippen molar-refractivity contribution in [2.75, 3.05) is 0 Å². The van der Waals surface area contributed by atoms with Crippen LogP contribution in [0.2, 0.25) is 0 Å². The zero-order valence-corrected chi connectivity index (χ0v) is 11.0. The molecule has 1 N–H and O–H groups in total. The van der Waals surface area contributed by atoms with Crippen LogP contribution in [-0.4, -0.2) is 10.2 Å². The number of nitrogens with zero attached hydrogens (tertiary/aromatic N) is 3. The van der Waals surface area contributed by atoms with Crippen molar-refractivity contribution in [2.45, 2.75) is 13.8 Å². The average molecular weight is 268 g/mol. The summed E-state index contributed by atoms with van der Waals surface area (Å²) < 4.78 is 5.06. The Morgan fingerprint density at radius 3 is 2.75 bits per heavy atom. The van der Waals surface area contributed by atoms with Crippen molar-refractivity contribution in [3.63, 3.8) is 0 Å². The van der Waals surface area contributed by atoms with Crippen molar-refractivity contribution >= 4 is 22.3 Å². The molecule has 20 heavy (non-hydrogen) atoms. The van der Waals surface area contributed by atoms with Crippen LogP contribution in [0.15, 0.2) is 49.8 Å². The van der Waals surface area contributed by atoms with Gasteiger partial charge in [0.2, 0.25) is 0 Å². The molecule has 6 heteroatoms. The quantitative estimate of drug-likeness (QED) is 0.569. The molecular formula is C14H12N4O2. The molecule has 3 rings (SSSR count). The number of fused-ring (bicyclic) bond motifs is 1. The lowest BCUT2D eigenvalue weighted by Gasteiger charge is -1.97. The van der Waals surface area contributed by atoms with E-state index in [-0.39, 0.29) is 5.63 Å². The van der Waals surface area contributed by atoms with E-state index in [0.29, 0.717) is 11.3 Å². The maximum absolute atomic E-state index is 11.1. The first kappa shape index (κ1) is 12.3. The molecule has 2 heterocycles. The number of hydrogen-bond acceptors (Lipinski definition) is 5. The summed E-state index contributed by atoms with van der Waals surface area (Å²) in [6.07, 6.45) is 0. The molecule has 0 bridgehead atoms. The van der Waals surface area contributed by atoms with E-state index in [4.69, 9.17) is 4.42 Å². The SMILES string of the molecule is Cc1n[nH]c(C)c1N=Nc1ccc2oc(=O)ccc2c1. The summed E-state index contributed by atoms with van der Waals surface area (Å²) in [7, 11) is 0. The molecule has 1 aromatic carbocycles. The van der Waals surface area contributed by atoms with E-state index >= 15 is 0 Å². The molecule has 2 aromatic heterocycles. The predicted molar refractivity (Wildman–Crippen MR) is 74.7 cm³/mol. The van der Waals surface area contributed by atoms with Crippen molar-refractivity contribution in [3.05, 3.63) is 52.1 Å². The van der Waals surface area contributed by atoms with Gasteiger partial charge >= 0.3 is 5.63 Å². The Bertz CT molecular complexity index is 841. The lowest BCUT2D eigenvalue weighted by atomic mass is 10.2. The number of H-pyrrole nitrogens is 1. The standard InChI is InChI=1S/C14H12N4O2/c1-8-14(9(2)16-15-8)18-17-11-4-5-12-10(7-11)3-6-13(19)20-12/h3-7H,1-2H3,(H,15,16). The van der Waals surface area contributed by atoms with E-state index in [0.717, 1.165) is 22.5 Å². The topological polar surface area (TPSA) is 83.6 Å². The third kappa shape index (κ3) is 2.23. The minimum Gasteiger partial charge on any atom is -0.423 e. The first-order chi connectivity index (χ1) is 9.63. The van der Waals surface area contributed by atoms with Gasteiger partial charge in [-0.3, -0.25) is 5.10 Å². The number of benzene rings is 1. The highest BCUT2D eigenvalue weighted by atomic mass is 16.4.